The van der Waals surface area contributed by atoms with Gasteiger partial charge in [-0.1, -0.05) is 13.0 Å². The Bertz CT molecular complexity index is 398. The average Bonchev–Trinajstić information content (AvgIpc) is 2.54. The van der Waals surface area contributed by atoms with E-state index in [9.17, 15) is 0 Å². The molecule has 0 fully saturated rings. The molecule has 0 unspecified atom stereocenters. The van der Waals surface area contributed by atoms with Gasteiger partial charge in [0.1, 0.15) is 0 Å². The fraction of sp³-hybridized carbons (Fsp3) is 0.273. The molecule has 2 heterocycles. The van der Waals surface area contributed by atoms with E-state index in [0.717, 1.165) is 6.42 Å². The maximum Gasteiger partial charge on any atom is 0.0484 e. The van der Waals surface area contributed by atoms with Gasteiger partial charge in [0.15, 0.2) is 0 Å². The van der Waals surface area contributed by atoms with Gasteiger partial charge in [-0.2, -0.15) is 0 Å². The van der Waals surface area contributed by atoms with Crippen molar-refractivity contribution in [2.75, 3.05) is 0 Å². The van der Waals surface area contributed by atoms with E-state index in [-0.39, 0.29) is 0 Å². The van der Waals surface area contributed by atoms with E-state index in [1.165, 1.54) is 16.8 Å². The lowest BCUT2D eigenvalue weighted by atomic mass is 10.1. The van der Waals surface area contributed by atoms with E-state index in [2.05, 4.69) is 48.7 Å². The van der Waals surface area contributed by atoms with E-state index in [4.69, 9.17) is 0 Å². The summed E-state index contributed by atoms with van der Waals surface area (Å²) in [6, 6.07) is 8.66. The lowest BCUT2D eigenvalue weighted by molar-refractivity contribution is 1.05. The van der Waals surface area contributed by atoms with Crippen molar-refractivity contribution in [1.29, 1.82) is 0 Å². The largest absolute Gasteiger partial charge is 0.321 e. The zero-order chi connectivity index (χ0) is 8.55. The Balaban J connectivity index is 2.82. The molecule has 0 amide bonds. The summed E-state index contributed by atoms with van der Waals surface area (Å²) in [4.78, 5) is 0. The predicted octanol–water partition coefficient (Wildman–Crippen LogP) is 2.81. The van der Waals surface area contributed by atoms with Crippen LogP contribution in [-0.2, 0) is 6.42 Å². The van der Waals surface area contributed by atoms with Gasteiger partial charge in [0.05, 0.1) is 0 Å². The average molecular weight is 159 g/mol. The molecule has 0 aliphatic rings. The molecule has 0 aliphatic heterocycles. The van der Waals surface area contributed by atoms with E-state index < -0.39 is 0 Å². The highest BCUT2D eigenvalue weighted by Crippen LogP contribution is 2.14. The molecule has 0 spiro atoms. The predicted molar refractivity (Wildman–Crippen MR) is 51.5 cm³/mol. The van der Waals surface area contributed by atoms with E-state index in [1.54, 1.807) is 0 Å². The molecular formula is C11H13N. The van der Waals surface area contributed by atoms with Gasteiger partial charge in [-0.05, 0) is 37.1 Å². The van der Waals surface area contributed by atoms with Crippen molar-refractivity contribution in [2.45, 2.75) is 20.3 Å². The number of pyridine rings is 1. The van der Waals surface area contributed by atoms with Crippen molar-refractivity contribution < 1.29 is 0 Å². The minimum atomic E-state index is 1.10. The summed E-state index contributed by atoms with van der Waals surface area (Å²) in [6.45, 7) is 4.32. The zero-order valence-corrected chi connectivity index (χ0v) is 7.54. The van der Waals surface area contributed by atoms with Crippen molar-refractivity contribution in [1.82, 2.24) is 4.40 Å². The Labute approximate surface area is 72.6 Å². The van der Waals surface area contributed by atoms with Crippen molar-refractivity contribution >= 4 is 5.52 Å². The Morgan fingerprint density at radius 2 is 2.08 bits per heavy atom. The lowest BCUT2D eigenvalue weighted by Crippen LogP contribution is -1.92. The summed E-state index contributed by atoms with van der Waals surface area (Å²) in [6.07, 6.45) is 3.22. The van der Waals surface area contributed by atoms with Gasteiger partial charge in [-0.3, -0.25) is 0 Å². The second kappa shape index (κ2) is 2.67. The van der Waals surface area contributed by atoms with Crippen LogP contribution in [0.2, 0.25) is 0 Å². The maximum absolute atomic E-state index is 2.23. The molecule has 0 saturated heterocycles. The summed E-state index contributed by atoms with van der Waals surface area (Å²) in [5, 5.41) is 0. The van der Waals surface area contributed by atoms with Crippen LogP contribution in [0.5, 0.6) is 0 Å². The third-order valence-corrected chi connectivity index (χ3v) is 2.36. The highest BCUT2D eigenvalue weighted by molar-refractivity contribution is 5.56. The molecule has 0 saturated carbocycles. The van der Waals surface area contributed by atoms with Crippen LogP contribution in [0.3, 0.4) is 0 Å². The summed E-state index contributed by atoms with van der Waals surface area (Å²) in [7, 11) is 0. The van der Waals surface area contributed by atoms with Crippen LogP contribution in [-0.4, -0.2) is 4.40 Å². The lowest BCUT2D eigenvalue weighted by Gasteiger charge is -2.04. The molecule has 1 nitrogen and oxygen atoms in total. The Kier molecular flexibility index (Phi) is 1.65. The molecule has 0 radical (unpaired) electrons. The molecule has 0 aliphatic carbocycles. The van der Waals surface area contributed by atoms with Gasteiger partial charge in [0.25, 0.3) is 0 Å². The summed E-state index contributed by atoms with van der Waals surface area (Å²) < 4.78 is 2.23. The first kappa shape index (κ1) is 7.41. The number of hydrogen-bond donors (Lipinski definition) is 0. The third-order valence-electron chi connectivity index (χ3n) is 2.36. The summed E-state index contributed by atoms with van der Waals surface area (Å²) in [5.41, 5.74) is 4.07. The van der Waals surface area contributed by atoms with Gasteiger partial charge in [-0.25, -0.2) is 0 Å². The van der Waals surface area contributed by atoms with E-state index >= 15 is 0 Å². The highest BCUT2D eigenvalue weighted by atomic mass is 14.9. The normalized spacial score (nSPS) is 10.8. The zero-order valence-electron chi connectivity index (χ0n) is 7.54. The van der Waals surface area contributed by atoms with Crippen molar-refractivity contribution in [3.05, 3.63) is 41.7 Å². The van der Waals surface area contributed by atoms with Crippen molar-refractivity contribution in [2.24, 2.45) is 0 Å². The molecule has 1 heteroatoms. The number of rotatable bonds is 1. The monoisotopic (exact) mass is 159 g/mol. The fourth-order valence-corrected chi connectivity index (χ4v) is 1.64. The van der Waals surface area contributed by atoms with Crippen LogP contribution in [0.1, 0.15) is 18.2 Å². The molecule has 0 bridgehead atoms. The van der Waals surface area contributed by atoms with Crippen LogP contribution in [0.15, 0.2) is 30.5 Å². The van der Waals surface area contributed by atoms with Crippen molar-refractivity contribution in [3.8, 4) is 0 Å². The van der Waals surface area contributed by atoms with Crippen LogP contribution < -0.4 is 0 Å². The maximum atomic E-state index is 2.23. The van der Waals surface area contributed by atoms with Crippen LogP contribution in [0.4, 0.5) is 0 Å². The molecule has 0 atom stereocenters. The van der Waals surface area contributed by atoms with Gasteiger partial charge in [-0.15, -0.1) is 0 Å². The smallest absolute Gasteiger partial charge is 0.0484 e. The molecule has 0 N–H and O–H groups in total. The highest BCUT2D eigenvalue weighted by Gasteiger charge is 1.99. The van der Waals surface area contributed by atoms with Crippen LogP contribution in [0.25, 0.3) is 5.52 Å². The molecule has 2 rings (SSSR count). The first-order valence-electron chi connectivity index (χ1n) is 4.38. The molecule has 2 aromatic rings. The van der Waals surface area contributed by atoms with Crippen LogP contribution >= 0.6 is 0 Å². The minimum Gasteiger partial charge on any atom is -0.321 e. The van der Waals surface area contributed by atoms with Gasteiger partial charge >= 0.3 is 0 Å². The van der Waals surface area contributed by atoms with Gasteiger partial charge < -0.3 is 4.40 Å². The van der Waals surface area contributed by atoms with E-state index in [1.807, 2.05) is 0 Å². The number of fused-ring (bicyclic) bond motifs is 1. The first-order chi connectivity index (χ1) is 5.83. The summed E-state index contributed by atoms with van der Waals surface area (Å²) >= 11 is 0. The second-order valence-corrected chi connectivity index (χ2v) is 3.12. The minimum absolute atomic E-state index is 1.10. The third kappa shape index (κ3) is 0.934. The quantitative estimate of drug-likeness (QED) is 0.602. The molecule has 0 aromatic carbocycles. The first-order valence-corrected chi connectivity index (χ1v) is 4.38. The number of aromatic nitrogens is 1. The second-order valence-electron chi connectivity index (χ2n) is 3.12. The topological polar surface area (TPSA) is 4.41 Å². The fourth-order valence-electron chi connectivity index (χ4n) is 1.64. The SMILES string of the molecule is CCc1ccc(C)n2cccc12. The van der Waals surface area contributed by atoms with Crippen molar-refractivity contribution in [3.63, 3.8) is 0 Å². The van der Waals surface area contributed by atoms with Gasteiger partial charge in [0, 0.05) is 17.4 Å². The number of hydrogen-bond acceptors (Lipinski definition) is 0. The van der Waals surface area contributed by atoms with Crippen LogP contribution in [0, 0.1) is 6.92 Å². The number of nitrogens with zero attached hydrogens (tertiary/aromatic N) is 1. The standard InChI is InChI=1S/C11H13N/c1-3-10-7-6-9(2)12-8-4-5-11(10)12/h4-8H,3H2,1-2H3. The molecular weight excluding hydrogens is 146 g/mol. The summed E-state index contributed by atoms with van der Waals surface area (Å²) in [5.74, 6) is 0. The van der Waals surface area contributed by atoms with Gasteiger partial charge in [0.2, 0.25) is 0 Å². The Morgan fingerprint density at radius 3 is 2.83 bits per heavy atom. The Morgan fingerprint density at radius 1 is 1.25 bits per heavy atom. The number of aryl methyl sites for hydroxylation is 2. The molecule has 2 aromatic heterocycles. The Hall–Kier alpha value is -1.24. The molecule has 12 heavy (non-hydrogen) atoms. The van der Waals surface area contributed by atoms with E-state index in [0.29, 0.717) is 0 Å². The molecule has 62 valence electrons.